The summed E-state index contributed by atoms with van der Waals surface area (Å²) in [4.78, 5) is 12.8. The van der Waals surface area contributed by atoms with Crippen molar-refractivity contribution in [3.8, 4) is 0 Å². The predicted molar refractivity (Wildman–Crippen MR) is 97.9 cm³/mol. The van der Waals surface area contributed by atoms with E-state index in [2.05, 4.69) is 5.10 Å². The number of carbonyl (C=O) groups is 1. The van der Waals surface area contributed by atoms with Crippen LogP contribution in [-0.2, 0) is 23.2 Å². The van der Waals surface area contributed by atoms with Crippen molar-refractivity contribution in [2.45, 2.75) is 31.7 Å². The lowest BCUT2D eigenvalue weighted by molar-refractivity contribution is -0.133. The molecular formula is C21H20FN3O2. The summed E-state index contributed by atoms with van der Waals surface area (Å²) in [6.07, 6.45) is 2.86. The van der Waals surface area contributed by atoms with Crippen molar-refractivity contribution in [2.75, 3.05) is 0 Å². The third-order valence-corrected chi connectivity index (χ3v) is 5.44. The Morgan fingerprint density at radius 3 is 2.74 bits per heavy atom. The maximum Gasteiger partial charge on any atom is 0.258 e. The number of aryl methyl sites for hydroxylation is 1. The third-order valence-electron chi connectivity index (χ3n) is 5.44. The molecule has 2 aromatic carbocycles. The highest BCUT2D eigenvalue weighted by atomic mass is 19.1. The highest BCUT2D eigenvalue weighted by molar-refractivity contribution is 5.93. The zero-order valence-corrected chi connectivity index (χ0v) is 14.9. The fraction of sp³-hybridized carbons (Fsp3) is 0.238. The van der Waals surface area contributed by atoms with E-state index in [-0.39, 0.29) is 5.82 Å². The van der Waals surface area contributed by atoms with Crippen LogP contribution >= 0.6 is 0 Å². The van der Waals surface area contributed by atoms with E-state index >= 15 is 0 Å². The minimum Gasteiger partial charge on any atom is -0.289 e. The number of rotatable bonds is 4. The number of amides is 1. The molecule has 5 nitrogen and oxygen atoms in total. The molecule has 0 saturated heterocycles. The van der Waals surface area contributed by atoms with Gasteiger partial charge >= 0.3 is 0 Å². The maximum atomic E-state index is 14.2. The first-order valence-corrected chi connectivity index (χ1v) is 8.87. The van der Waals surface area contributed by atoms with Crippen molar-refractivity contribution in [3.05, 3.63) is 88.5 Å². The zero-order valence-electron chi connectivity index (χ0n) is 14.9. The van der Waals surface area contributed by atoms with Gasteiger partial charge in [0.1, 0.15) is 11.2 Å². The molecular weight excluding hydrogens is 345 g/mol. The first kappa shape index (κ1) is 17.4. The topological polar surface area (TPSA) is 67.2 Å². The second-order valence-corrected chi connectivity index (χ2v) is 6.93. The molecule has 3 aromatic rings. The second-order valence-electron chi connectivity index (χ2n) is 6.93. The van der Waals surface area contributed by atoms with E-state index in [0.717, 1.165) is 16.8 Å². The van der Waals surface area contributed by atoms with Gasteiger partial charge in [0.2, 0.25) is 0 Å². The maximum absolute atomic E-state index is 14.2. The Labute approximate surface area is 156 Å². The third kappa shape index (κ3) is 2.73. The van der Waals surface area contributed by atoms with Gasteiger partial charge < -0.3 is 0 Å². The van der Waals surface area contributed by atoms with Crippen molar-refractivity contribution in [1.29, 1.82) is 0 Å². The summed E-state index contributed by atoms with van der Waals surface area (Å²) in [5.74, 6) is -0.933. The zero-order chi connectivity index (χ0) is 19.0. The fourth-order valence-electron chi connectivity index (χ4n) is 4.10. The van der Waals surface area contributed by atoms with E-state index in [4.69, 9.17) is 0 Å². The van der Waals surface area contributed by atoms with Gasteiger partial charge in [-0.1, -0.05) is 42.5 Å². The van der Waals surface area contributed by atoms with Crippen LogP contribution in [-0.4, -0.2) is 20.9 Å². The number of nitrogens with zero attached hydrogens (tertiary/aromatic N) is 2. The summed E-state index contributed by atoms with van der Waals surface area (Å²) in [7, 11) is 0. The molecule has 0 fully saturated rings. The molecule has 1 aromatic heterocycles. The number of hydroxylamine groups is 1. The fourth-order valence-corrected chi connectivity index (χ4v) is 4.10. The molecule has 1 heterocycles. The first-order chi connectivity index (χ1) is 13.1. The summed E-state index contributed by atoms with van der Waals surface area (Å²) < 4.78 is 16.0. The normalized spacial score (nSPS) is 18.3. The van der Waals surface area contributed by atoms with Crippen LogP contribution in [0.25, 0.3) is 0 Å². The van der Waals surface area contributed by atoms with Gasteiger partial charge in [-0.25, -0.2) is 9.87 Å². The predicted octanol–water partition coefficient (Wildman–Crippen LogP) is 3.12. The monoisotopic (exact) mass is 365 g/mol. The molecule has 1 unspecified atom stereocenters. The lowest BCUT2D eigenvalue weighted by Gasteiger charge is -2.29. The Hall–Kier alpha value is -2.99. The summed E-state index contributed by atoms with van der Waals surface area (Å²) in [6, 6.07) is 14.6. The molecule has 6 heteroatoms. The number of aromatic nitrogens is 2. The standard InChI is InChI=1S/C21H20FN3O2/c1-14-16(8-5-9-18(14)22)21(20(26)24-27)11-10-19-17(21)13-25(23-19)12-15-6-3-2-4-7-15/h2-9,13,27H,10-12H2,1H3,(H,24,26). The summed E-state index contributed by atoms with van der Waals surface area (Å²) in [5.41, 5.74) is 4.24. The average molecular weight is 365 g/mol. The van der Waals surface area contributed by atoms with Gasteiger partial charge in [-0.2, -0.15) is 5.10 Å². The number of fused-ring (bicyclic) bond motifs is 1. The minimum atomic E-state index is -1.15. The highest BCUT2D eigenvalue weighted by Crippen LogP contribution is 2.45. The molecule has 2 N–H and O–H groups in total. The summed E-state index contributed by atoms with van der Waals surface area (Å²) in [5, 5.41) is 14.1. The molecule has 1 atom stereocenters. The lowest BCUT2D eigenvalue weighted by Crippen LogP contribution is -2.43. The Bertz CT molecular complexity index is 1000. The van der Waals surface area contributed by atoms with Crippen molar-refractivity contribution < 1.29 is 14.4 Å². The molecule has 27 heavy (non-hydrogen) atoms. The molecule has 1 aliphatic carbocycles. The van der Waals surface area contributed by atoms with E-state index < -0.39 is 11.3 Å². The minimum absolute atomic E-state index is 0.372. The van der Waals surface area contributed by atoms with Crippen LogP contribution in [0.4, 0.5) is 4.39 Å². The number of nitrogens with one attached hydrogen (secondary N) is 1. The SMILES string of the molecule is Cc1c(F)cccc1C1(C(=O)NO)CCc2nn(Cc3ccccc3)cc21. The van der Waals surface area contributed by atoms with E-state index in [1.165, 1.54) is 6.07 Å². The van der Waals surface area contributed by atoms with Crippen LogP contribution < -0.4 is 5.48 Å². The van der Waals surface area contributed by atoms with Crippen LogP contribution in [0.3, 0.4) is 0 Å². The largest absolute Gasteiger partial charge is 0.289 e. The highest BCUT2D eigenvalue weighted by Gasteiger charge is 2.49. The molecule has 1 amide bonds. The Morgan fingerprint density at radius 2 is 2.00 bits per heavy atom. The van der Waals surface area contributed by atoms with Crippen LogP contribution in [0.1, 0.15) is 34.4 Å². The van der Waals surface area contributed by atoms with Crippen LogP contribution in [0.5, 0.6) is 0 Å². The van der Waals surface area contributed by atoms with Crippen LogP contribution in [0.2, 0.25) is 0 Å². The Morgan fingerprint density at radius 1 is 1.22 bits per heavy atom. The van der Waals surface area contributed by atoms with E-state index in [9.17, 15) is 14.4 Å². The van der Waals surface area contributed by atoms with Crippen molar-refractivity contribution in [2.24, 2.45) is 0 Å². The summed E-state index contributed by atoms with van der Waals surface area (Å²) >= 11 is 0. The van der Waals surface area contributed by atoms with Crippen molar-refractivity contribution in [1.82, 2.24) is 15.3 Å². The quantitative estimate of drug-likeness (QED) is 0.551. The second kappa shape index (κ2) is 6.63. The van der Waals surface area contributed by atoms with Gasteiger partial charge in [0, 0.05) is 11.8 Å². The number of halogens is 1. The van der Waals surface area contributed by atoms with Gasteiger partial charge in [-0.15, -0.1) is 0 Å². The van der Waals surface area contributed by atoms with Crippen molar-refractivity contribution >= 4 is 5.91 Å². The molecule has 0 bridgehead atoms. The first-order valence-electron chi connectivity index (χ1n) is 8.87. The van der Waals surface area contributed by atoms with Crippen molar-refractivity contribution in [3.63, 3.8) is 0 Å². The molecule has 1 aliphatic rings. The molecule has 0 aliphatic heterocycles. The van der Waals surface area contributed by atoms with Gasteiger partial charge in [-0.05, 0) is 42.5 Å². The van der Waals surface area contributed by atoms with Gasteiger partial charge in [0.15, 0.2) is 0 Å². The molecule has 0 spiro atoms. The van der Waals surface area contributed by atoms with Crippen LogP contribution in [0.15, 0.2) is 54.7 Å². The number of hydrogen-bond acceptors (Lipinski definition) is 3. The number of benzene rings is 2. The van der Waals surface area contributed by atoms with Gasteiger partial charge in [0.05, 0.1) is 12.2 Å². The average Bonchev–Trinajstić information content (AvgIpc) is 3.23. The van der Waals surface area contributed by atoms with Gasteiger partial charge in [-0.3, -0.25) is 14.7 Å². The number of carbonyl (C=O) groups excluding carboxylic acids is 1. The molecule has 0 saturated carbocycles. The lowest BCUT2D eigenvalue weighted by atomic mass is 9.74. The van der Waals surface area contributed by atoms with Gasteiger partial charge in [0.25, 0.3) is 5.91 Å². The van der Waals surface area contributed by atoms with E-state index in [1.54, 1.807) is 29.2 Å². The molecule has 4 rings (SSSR count). The summed E-state index contributed by atoms with van der Waals surface area (Å²) in [6.45, 7) is 2.23. The Balaban J connectivity index is 1.82. The van der Waals surface area contributed by atoms with E-state index in [1.807, 2.05) is 36.5 Å². The van der Waals surface area contributed by atoms with Crippen LogP contribution in [0, 0.1) is 12.7 Å². The smallest absolute Gasteiger partial charge is 0.258 e. The van der Waals surface area contributed by atoms with E-state index in [0.29, 0.717) is 30.5 Å². The Kier molecular flexibility index (Phi) is 4.28. The molecule has 138 valence electrons. The molecule has 0 radical (unpaired) electrons. The number of hydrogen-bond donors (Lipinski definition) is 2.